The summed E-state index contributed by atoms with van der Waals surface area (Å²) in [4.78, 5) is 23.8. The first kappa shape index (κ1) is 15.9. The lowest BCUT2D eigenvalue weighted by molar-refractivity contribution is -0.122. The van der Waals surface area contributed by atoms with Gasteiger partial charge < -0.3 is 10.6 Å². The van der Waals surface area contributed by atoms with Gasteiger partial charge in [0.25, 0.3) is 5.91 Å². The van der Waals surface area contributed by atoms with Gasteiger partial charge in [-0.25, -0.2) is 8.78 Å². The average Bonchev–Trinajstić information content (AvgIpc) is 2.96. The molecule has 6 heteroatoms. The monoisotopic (exact) mass is 306 g/mol. The molecule has 4 nitrogen and oxygen atoms in total. The van der Waals surface area contributed by atoms with Crippen molar-refractivity contribution in [2.45, 2.75) is 19.4 Å². The predicted molar refractivity (Wildman–Crippen MR) is 78.1 cm³/mol. The van der Waals surface area contributed by atoms with Crippen LogP contribution in [0.15, 0.2) is 42.0 Å². The summed E-state index contributed by atoms with van der Waals surface area (Å²) in [6.45, 7) is 1.88. The zero-order valence-electron chi connectivity index (χ0n) is 12.0. The normalized spacial score (nSPS) is 14.4. The molecule has 0 aromatic heterocycles. The zero-order valence-corrected chi connectivity index (χ0v) is 12.0. The molecule has 1 aromatic rings. The SMILES string of the molecule is CC(NC(=O)c1cc(F)cc(F)c1)C(=O)NCC1=CCC=C1. The topological polar surface area (TPSA) is 58.2 Å². The van der Waals surface area contributed by atoms with Crippen LogP contribution in [0.2, 0.25) is 0 Å². The van der Waals surface area contributed by atoms with Crippen molar-refractivity contribution in [3.63, 3.8) is 0 Å². The minimum Gasteiger partial charge on any atom is -0.350 e. The molecule has 0 saturated carbocycles. The number of rotatable bonds is 5. The van der Waals surface area contributed by atoms with Crippen molar-refractivity contribution in [2.75, 3.05) is 6.54 Å². The summed E-state index contributed by atoms with van der Waals surface area (Å²) in [5, 5.41) is 5.09. The summed E-state index contributed by atoms with van der Waals surface area (Å²) in [6, 6.07) is 1.69. The third-order valence-corrected chi connectivity index (χ3v) is 3.18. The molecule has 22 heavy (non-hydrogen) atoms. The number of carbonyl (C=O) groups is 2. The summed E-state index contributed by atoms with van der Waals surface area (Å²) in [5.74, 6) is -2.77. The van der Waals surface area contributed by atoms with Crippen LogP contribution in [0.1, 0.15) is 23.7 Å². The Kier molecular flexibility index (Phi) is 5.04. The number of carbonyl (C=O) groups excluding carboxylic acids is 2. The largest absolute Gasteiger partial charge is 0.350 e. The average molecular weight is 306 g/mol. The lowest BCUT2D eigenvalue weighted by Crippen LogP contribution is -2.45. The molecule has 0 heterocycles. The molecule has 1 aromatic carbocycles. The van der Waals surface area contributed by atoms with Crippen molar-refractivity contribution in [2.24, 2.45) is 0 Å². The molecule has 0 fully saturated rings. The van der Waals surface area contributed by atoms with E-state index in [1.54, 1.807) is 0 Å². The first-order chi connectivity index (χ1) is 10.5. The van der Waals surface area contributed by atoms with Crippen molar-refractivity contribution >= 4 is 11.8 Å². The van der Waals surface area contributed by atoms with E-state index in [9.17, 15) is 18.4 Å². The fraction of sp³-hybridized carbons (Fsp3) is 0.250. The molecule has 2 amide bonds. The second-order valence-corrected chi connectivity index (χ2v) is 4.99. The highest BCUT2D eigenvalue weighted by Gasteiger charge is 2.17. The third-order valence-electron chi connectivity index (χ3n) is 3.18. The van der Waals surface area contributed by atoms with Crippen LogP contribution < -0.4 is 10.6 Å². The number of halogens is 2. The minimum atomic E-state index is -0.845. The van der Waals surface area contributed by atoms with Crippen LogP contribution in [0.5, 0.6) is 0 Å². The zero-order chi connectivity index (χ0) is 16.1. The van der Waals surface area contributed by atoms with E-state index < -0.39 is 23.6 Å². The number of nitrogens with one attached hydrogen (secondary N) is 2. The van der Waals surface area contributed by atoms with E-state index in [-0.39, 0.29) is 11.5 Å². The second kappa shape index (κ2) is 6.98. The van der Waals surface area contributed by atoms with Crippen molar-refractivity contribution in [1.29, 1.82) is 0 Å². The van der Waals surface area contributed by atoms with Gasteiger partial charge in [-0.2, -0.15) is 0 Å². The Bertz CT molecular complexity index is 633. The molecular formula is C16H16F2N2O2. The van der Waals surface area contributed by atoms with Gasteiger partial charge in [-0.1, -0.05) is 18.2 Å². The molecule has 1 atom stereocenters. The van der Waals surface area contributed by atoms with E-state index in [4.69, 9.17) is 0 Å². The predicted octanol–water partition coefficient (Wildman–Crippen LogP) is 2.09. The van der Waals surface area contributed by atoms with E-state index in [0.29, 0.717) is 12.6 Å². The number of allylic oxidation sites excluding steroid dienone is 2. The molecule has 1 aliphatic carbocycles. The first-order valence-electron chi connectivity index (χ1n) is 6.86. The van der Waals surface area contributed by atoms with Gasteiger partial charge in [0.2, 0.25) is 5.91 Å². The van der Waals surface area contributed by atoms with Gasteiger partial charge in [-0.05, 0) is 31.1 Å². The van der Waals surface area contributed by atoms with Crippen LogP contribution >= 0.6 is 0 Å². The lowest BCUT2D eigenvalue weighted by Gasteiger charge is -2.14. The second-order valence-electron chi connectivity index (χ2n) is 4.99. The Morgan fingerprint density at radius 3 is 2.50 bits per heavy atom. The highest BCUT2D eigenvalue weighted by atomic mass is 19.1. The Morgan fingerprint density at radius 2 is 1.91 bits per heavy atom. The van der Waals surface area contributed by atoms with E-state index >= 15 is 0 Å². The Balaban J connectivity index is 1.89. The fourth-order valence-corrected chi connectivity index (χ4v) is 2.01. The maximum absolute atomic E-state index is 13.1. The molecule has 2 rings (SSSR count). The summed E-state index contributed by atoms with van der Waals surface area (Å²) >= 11 is 0. The van der Waals surface area contributed by atoms with Crippen LogP contribution in [0.4, 0.5) is 8.78 Å². The highest BCUT2D eigenvalue weighted by molar-refractivity contribution is 5.97. The highest BCUT2D eigenvalue weighted by Crippen LogP contribution is 2.09. The summed E-state index contributed by atoms with van der Waals surface area (Å²) < 4.78 is 26.1. The molecule has 0 bridgehead atoms. The quantitative estimate of drug-likeness (QED) is 0.875. The molecule has 1 unspecified atom stereocenters. The van der Waals surface area contributed by atoms with Gasteiger partial charge in [0.05, 0.1) is 0 Å². The van der Waals surface area contributed by atoms with Crippen molar-refractivity contribution < 1.29 is 18.4 Å². The number of benzene rings is 1. The molecule has 0 saturated heterocycles. The van der Waals surface area contributed by atoms with E-state index in [2.05, 4.69) is 10.6 Å². The summed E-state index contributed by atoms with van der Waals surface area (Å²) in [7, 11) is 0. The fourth-order valence-electron chi connectivity index (χ4n) is 2.01. The Morgan fingerprint density at radius 1 is 1.23 bits per heavy atom. The van der Waals surface area contributed by atoms with Gasteiger partial charge in [0.1, 0.15) is 17.7 Å². The van der Waals surface area contributed by atoms with Crippen LogP contribution in [-0.4, -0.2) is 24.4 Å². The van der Waals surface area contributed by atoms with Crippen LogP contribution in [0.3, 0.4) is 0 Å². The standard InChI is InChI=1S/C16H16F2N2O2/c1-10(15(21)19-9-11-4-2-3-5-11)20-16(22)12-6-13(17)8-14(18)7-12/h2,4-8,10H,3,9H2,1H3,(H,19,21)(H,20,22). The van der Waals surface area contributed by atoms with Crippen LogP contribution in [0, 0.1) is 11.6 Å². The van der Waals surface area contributed by atoms with Crippen LogP contribution in [-0.2, 0) is 4.79 Å². The molecule has 0 aliphatic heterocycles. The Labute approximate surface area is 126 Å². The minimum absolute atomic E-state index is 0.168. The molecule has 116 valence electrons. The smallest absolute Gasteiger partial charge is 0.252 e. The summed E-state index contributed by atoms with van der Waals surface area (Å²) in [6.07, 6.45) is 6.73. The van der Waals surface area contributed by atoms with Crippen molar-refractivity contribution in [3.8, 4) is 0 Å². The van der Waals surface area contributed by atoms with Crippen LogP contribution in [0.25, 0.3) is 0 Å². The third kappa shape index (κ3) is 4.25. The molecule has 2 N–H and O–H groups in total. The first-order valence-corrected chi connectivity index (χ1v) is 6.86. The van der Waals surface area contributed by atoms with Crippen molar-refractivity contribution in [3.05, 3.63) is 59.2 Å². The molecule has 1 aliphatic rings. The molecule has 0 spiro atoms. The Hall–Kier alpha value is -2.50. The van der Waals surface area contributed by atoms with Gasteiger partial charge in [0, 0.05) is 18.2 Å². The van der Waals surface area contributed by atoms with E-state index in [0.717, 1.165) is 24.1 Å². The van der Waals surface area contributed by atoms with Gasteiger partial charge in [-0.15, -0.1) is 0 Å². The van der Waals surface area contributed by atoms with E-state index in [1.165, 1.54) is 6.92 Å². The van der Waals surface area contributed by atoms with E-state index in [1.807, 2.05) is 18.2 Å². The van der Waals surface area contributed by atoms with Gasteiger partial charge in [0.15, 0.2) is 0 Å². The maximum atomic E-state index is 13.1. The number of hydrogen-bond donors (Lipinski definition) is 2. The number of amides is 2. The summed E-state index contributed by atoms with van der Waals surface area (Å²) in [5.41, 5.74) is 0.831. The molecule has 0 radical (unpaired) electrons. The maximum Gasteiger partial charge on any atom is 0.252 e. The lowest BCUT2D eigenvalue weighted by atomic mass is 10.2. The number of hydrogen-bond acceptors (Lipinski definition) is 2. The molecular weight excluding hydrogens is 290 g/mol. The van der Waals surface area contributed by atoms with Crippen molar-refractivity contribution in [1.82, 2.24) is 10.6 Å². The van der Waals surface area contributed by atoms with Gasteiger partial charge >= 0.3 is 0 Å². The van der Waals surface area contributed by atoms with Gasteiger partial charge in [-0.3, -0.25) is 9.59 Å².